The second-order valence-corrected chi connectivity index (χ2v) is 9.35. The molecule has 0 spiro atoms. The van der Waals surface area contributed by atoms with E-state index >= 15 is 0 Å². The Balaban J connectivity index is 1.71. The maximum Gasteiger partial charge on any atom is 0.309 e. The van der Waals surface area contributed by atoms with Crippen molar-refractivity contribution in [1.29, 1.82) is 0 Å². The zero-order chi connectivity index (χ0) is 22.6. The first-order valence-corrected chi connectivity index (χ1v) is 11.6. The lowest BCUT2D eigenvalue weighted by molar-refractivity contribution is -0.149. The van der Waals surface area contributed by atoms with Crippen LogP contribution in [0.25, 0.3) is 0 Å². The molecule has 0 aliphatic carbocycles. The first-order chi connectivity index (χ1) is 14.7. The molecule has 1 aliphatic rings. The number of piperidine rings is 1. The number of nitrogens with zero attached hydrogens (tertiary/aromatic N) is 1. The van der Waals surface area contributed by atoms with Gasteiger partial charge in [-0.25, -0.2) is 12.8 Å². The summed E-state index contributed by atoms with van der Waals surface area (Å²) in [6.07, 6.45) is 0.680. The van der Waals surface area contributed by atoms with E-state index in [9.17, 15) is 22.4 Å². The number of esters is 1. The summed E-state index contributed by atoms with van der Waals surface area (Å²) in [5.41, 5.74) is 0.00891. The number of carbonyl (C=O) groups excluding carboxylic acids is 2. The van der Waals surface area contributed by atoms with Crippen molar-refractivity contribution in [1.82, 2.24) is 4.31 Å². The molecule has 31 heavy (non-hydrogen) atoms. The van der Waals surface area contributed by atoms with E-state index in [1.54, 1.807) is 19.1 Å². The largest absolute Gasteiger partial charge is 0.466 e. The van der Waals surface area contributed by atoms with E-state index < -0.39 is 21.7 Å². The molecule has 166 valence electrons. The summed E-state index contributed by atoms with van der Waals surface area (Å²) in [5.74, 6) is -2.17. The van der Waals surface area contributed by atoms with Crippen molar-refractivity contribution in [2.45, 2.75) is 24.7 Å². The van der Waals surface area contributed by atoms with Gasteiger partial charge in [-0.15, -0.1) is 0 Å². The molecule has 0 aromatic heterocycles. The van der Waals surface area contributed by atoms with Crippen molar-refractivity contribution in [3.8, 4) is 0 Å². The molecule has 0 atom stereocenters. The Kier molecular flexibility index (Phi) is 7.30. The van der Waals surface area contributed by atoms with E-state index in [-0.39, 0.29) is 52.8 Å². The van der Waals surface area contributed by atoms with Crippen LogP contribution in [-0.4, -0.2) is 44.3 Å². The number of anilines is 1. The third kappa shape index (κ3) is 5.23. The van der Waals surface area contributed by atoms with Crippen LogP contribution in [0, 0.1) is 11.7 Å². The normalized spacial score (nSPS) is 15.5. The van der Waals surface area contributed by atoms with Crippen molar-refractivity contribution >= 4 is 39.2 Å². The fourth-order valence-corrected chi connectivity index (χ4v) is 5.04. The molecule has 1 saturated heterocycles. The third-order valence-electron chi connectivity index (χ3n) is 5.02. The number of sulfonamides is 1. The average molecular weight is 469 g/mol. The van der Waals surface area contributed by atoms with E-state index in [2.05, 4.69) is 5.32 Å². The van der Waals surface area contributed by atoms with Gasteiger partial charge in [-0.1, -0.05) is 23.7 Å². The van der Waals surface area contributed by atoms with E-state index in [1.165, 1.54) is 28.6 Å². The second kappa shape index (κ2) is 9.76. The van der Waals surface area contributed by atoms with Gasteiger partial charge in [0, 0.05) is 13.1 Å². The zero-order valence-electron chi connectivity index (χ0n) is 16.8. The molecule has 0 saturated carbocycles. The van der Waals surface area contributed by atoms with Crippen LogP contribution < -0.4 is 5.32 Å². The molecule has 0 bridgehead atoms. The topological polar surface area (TPSA) is 92.8 Å². The molecule has 0 radical (unpaired) electrons. The van der Waals surface area contributed by atoms with Crippen molar-refractivity contribution in [3.05, 3.63) is 58.9 Å². The molecular formula is C21H22ClFN2O5S. The Bertz CT molecular complexity index is 1080. The number of carbonyl (C=O) groups is 2. The lowest BCUT2D eigenvalue weighted by Crippen LogP contribution is -2.40. The van der Waals surface area contributed by atoms with E-state index in [1.807, 2.05) is 0 Å². The first-order valence-electron chi connectivity index (χ1n) is 9.76. The Labute approximate surface area is 185 Å². The van der Waals surface area contributed by atoms with E-state index in [0.29, 0.717) is 12.8 Å². The Morgan fingerprint density at radius 2 is 1.87 bits per heavy atom. The number of hydrogen-bond donors (Lipinski definition) is 1. The molecule has 7 nitrogen and oxygen atoms in total. The highest BCUT2D eigenvalue weighted by atomic mass is 35.5. The highest BCUT2D eigenvalue weighted by molar-refractivity contribution is 7.89. The van der Waals surface area contributed by atoms with Crippen molar-refractivity contribution < 1.29 is 27.1 Å². The Morgan fingerprint density at radius 1 is 1.19 bits per heavy atom. The standard InChI is InChI=1S/C21H22ClFN2O5S/c1-2-30-21(27)14-9-11-25(12-10-14)31(28,29)15-7-8-19(18(23)13-15)24-20(26)16-5-3-4-6-17(16)22/h3-8,13-14H,2,9-12H2,1H3,(H,24,26). The lowest BCUT2D eigenvalue weighted by Gasteiger charge is -2.30. The van der Waals surface area contributed by atoms with Crippen LogP contribution in [0.4, 0.5) is 10.1 Å². The number of rotatable bonds is 6. The van der Waals surface area contributed by atoms with Crippen LogP contribution in [0.5, 0.6) is 0 Å². The Morgan fingerprint density at radius 3 is 2.48 bits per heavy atom. The number of amides is 1. The van der Waals surface area contributed by atoms with Crippen LogP contribution in [0.15, 0.2) is 47.4 Å². The first kappa shape index (κ1) is 23.2. The fourth-order valence-electron chi connectivity index (χ4n) is 3.33. The minimum absolute atomic E-state index is 0.137. The number of benzene rings is 2. The molecular weight excluding hydrogens is 447 g/mol. The number of hydrogen-bond acceptors (Lipinski definition) is 5. The molecule has 1 N–H and O–H groups in total. The van der Waals surface area contributed by atoms with Gasteiger partial charge in [0.15, 0.2) is 0 Å². The van der Waals surface area contributed by atoms with Gasteiger partial charge in [0.1, 0.15) is 5.82 Å². The van der Waals surface area contributed by atoms with Gasteiger partial charge in [0.05, 0.1) is 33.7 Å². The summed E-state index contributed by atoms with van der Waals surface area (Å²) in [4.78, 5) is 23.9. The highest BCUT2D eigenvalue weighted by Gasteiger charge is 2.33. The third-order valence-corrected chi connectivity index (χ3v) is 7.24. The average Bonchev–Trinajstić information content (AvgIpc) is 2.75. The summed E-state index contributed by atoms with van der Waals surface area (Å²) >= 11 is 5.98. The van der Waals surface area contributed by atoms with E-state index in [4.69, 9.17) is 16.3 Å². The monoisotopic (exact) mass is 468 g/mol. The molecule has 1 aliphatic heterocycles. The maximum atomic E-state index is 14.6. The van der Waals surface area contributed by atoms with Gasteiger partial charge in [0.25, 0.3) is 5.91 Å². The molecule has 2 aromatic carbocycles. The SMILES string of the molecule is CCOC(=O)C1CCN(S(=O)(=O)c2ccc(NC(=O)c3ccccc3Cl)c(F)c2)CC1. The fraction of sp³-hybridized carbons (Fsp3) is 0.333. The van der Waals surface area contributed by atoms with Crippen LogP contribution in [0.1, 0.15) is 30.1 Å². The summed E-state index contributed by atoms with van der Waals surface area (Å²) in [6.45, 7) is 2.26. The number of halogens is 2. The van der Waals surface area contributed by atoms with Crippen LogP contribution in [-0.2, 0) is 19.6 Å². The number of nitrogens with one attached hydrogen (secondary N) is 1. The molecule has 3 rings (SSSR count). The van der Waals surface area contributed by atoms with Crippen molar-refractivity contribution in [3.63, 3.8) is 0 Å². The van der Waals surface area contributed by atoms with Gasteiger partial charge in [-0.2, -0.15) is 4.31 Å². The predicted molar refractivity (Wildman–Crippen MR) is 114 cm³/mol. The Hall–Kier alpha value is -2.49. The number of ether oxygens (including phenoxy) is 1. The van der Waals surface area contributed by atoms with Gasteiger partial charge >= 0.3 is 5.97 Å². The van der Waals surface area contributed by atoms with Crippen LogP contribution in [0.3, 0.4) is 0 Å². The molecule has 1 fully saturated rings. The van der Waals surface area contributed by atoms with Gasteiger partial charge in [0.2, 0.25) is 10.0 Å². The van der Waals surface area contributed by atoms with Gasteiger partial charge in [-0.05, 0) is 50.1 Å². The lowest BCUT2D eigenvalue weighted by atomic mass is 9.98. The second-order valence-electron chi connectivity index (χ2n) is 7.01. The van der Waals surface area contributed by atoms with Gasteiger partial charge < -0.3 is 10.1 Å². The van der Waals surface area contributed by atoms with Crippen molar-refractivity contribution in [2.24, 2.45) is 5.92 Å². The minimum Gasteiger partial charge on any atom is -0.466 e. The van der Waals surface area contributed by atoms with E-state index in [0.717, 1.165) is 6.07 Å². The molecule has 1 heterocycles. The molecule has 1 amide bonds. The molecule has 2 aromatic rings. The smallest absolute Gasteiger partial charge is 0.309 e. The summed E-state index contributed by atoms with van der Waals surface area (Å²) in [5, 5.41) is 2.61. The van der Waals surface area contributed by atoms with Crippen molar-refractivity contribution in [2.75, 3.05) is 25.0 Å². The highest BCUT2D eigenvalue weighted by Crippen LogP contribution is 2.27. The van der Waals surface area contributed by atoms with Crippen LogP contribution >= 0.6 is 11.6 Å². The quantitative estimate of drug-likeness (QED) is 0.652. The summed E-state index contributed by atoms with van der Waals surface area (Å²) in [7, 11) is -3.94. The molecule has 10 heteroatoms. The predicted octanol–water partition coefficient (Wildman–Crippen LogP) is 3.70. The zero-order valence-corrected chi connectivity index (χ0v) is 18.4. The maximum absolute atomic E-state index is 14.6. The van der Waals surface area contributed by atoms with Gasteiger partial charge in [-0.3, -0.25) is 9.59 Å². The minimum atomic E-state index is -3.94. The molecule has 0 unspecified atom stereocenters. The summed E-state index contributed by atoms with van der Waals surface area (Å²) < 4.78 is 46.6. The summed E-state index contributed by atoms with van der Waals surface area (Å²) in [6, 6.07) is 9.62. The van der Waals surface area contributed by atoms with Crippen LogP contribution in [0.2, 0.25) is 5.02 Å².